The topological polar surface area (TPSA) is 20.2 Å². The number of aliphatic hydroxyl groups excluding tert-OH is 1. The molecule has 1 nitrogen and oxygen atoms in total. The van der Waals surface area contributed by atoms with Gasteiger partial charge >= 0.3 is 0 Å². The average molecular weight is 206 g/mol. The van der Waals surface area contributed by atoms with Crippen molar-refractivity contribution in [2.24, 2.45) is 0 Å². The SMILES string of the molecule is C[Si](C)(C)C(O)/C=C/c1ccccc1. The van der Waals surface area contributed by atoms with E-state index in [1.54, 1.807) is 0 Å². The van der Waals surface area contributed by atoms with Gasteiger partial charge in [0, 0.05) is 0 Å². The molecule has 0 saturated carbocycles. The molecule has 0 bridgehead atoms. The lowest BCUT2D eigenvalue weighted by atomic mass is 10.2. The fraction of sp³-hybridized carbons (Fsp3) is 0.333. The van der Waals surface area contributed by atoms with Gasteiger partial charge in [-0.25, -0.2) is 0 Å². The zero-order valence-corrected chi connectivity index (χ0v) is 10.1. The Morgan fingerprint density at radius 1 is 1.14 bits per heavy atom. The van der Waals surface area contributed by atoms with Crippen molar-refractivity contribution in [2.75, 3.05) is 0 Å². The maximum atomic E-state index is 9.82. The number of hydrogen-bond donors (Lipinski definition) is 1. The van der Waals surface area contributed by atoms with Gasteiger partial charge < -0.3 is 5.11 Å². The van der Waals surface area contributed by atoms with Crippen LogP contribution in [0.25, 0.3) is 6.08 Å². The summed E-state index contributed by atoms with van der Waals surface area (Å²) in [6, 6.07) is 10.1. The molecule has 0 fully saturated rings. The van der Waals surface area contributed by atoms with Gasteiger partial charge in [0.25, 0.3) is 0 Å². The molecule has 0 heterocycles. The Morgan fingerprint density at radius 2 is 1.71 bits per heavy atom. The van der Waals surface area contributed by atoms with Crippen LogP contribution in [0.5, 0.6) is 0 Å². The summed E-state index contributed by atoms with van der Waals surface area (Å²) in [7, 11) is -1.45. The molecule has 1 rings (SSSR count). The molecule has 1 atom stereocenters. The van der Waals surface area contributed by atoms with Gasteiger partial charge in [0.05, 0.1) is 13.8 Å². The van der Waals surface area contributed by atoms with Gasteiger partial charge in [-0.2, -0.15) is 0 Å². The van der Waals surface area contributed by atoms with E-state index < -0.39 is 8.07 Å². The van der Waals surface area contributed by atoms with Crippen molar-refractivity contribution in [1.82, 2.24) is 0 Å². The summed E-state index contributed by atoms with van der Waals surface area (Å²) in [6.07, 6.45) is 3.89. The smallest absolute Gasteiger partial charge is 0.0831 e. The summed E-state index contributed by atoms with van der Waals surface area (Å²) in [5, 5.41) is 9.82. The first-order valence-corrected chi connectivity index (χ1v) is 8.49. The summed E-state index contributed by atoms with van der Waals surface area (Å²) < 4.78 is 0. The number of aliphatic hydroxyl groups is 1. The van der Waals surface area contributed by atoms with E-state index >= 15 is 0 Å². The van der Waals surface area contributed by atoms with Gasteiger partial charge in [-0.1, -0.05) is 62.1 Å². The molecule has 0 spiro atoms. The molecule has 14 heavy (non-hydrogen) atoms. The highest BCUT2D eigenvalue weighted by atomic mass is 28.3. The minimum atomic E-state index is -1.45. The van der Waals surface area contributed by atoms with Gasteiger partial charge in [-0.05, 0) is 5.56 Å². The van der Waals surface area contributed by atoms with Crippen LogP contribution in [0, 0.1) is 0 Å². The summed E-state index contributed by atoms with van der Waals surface area (Å²) >= 11 is 0. The molecule has 1 aromatic carbocycles. The number of benzene rings is 1. The molecule has 0 amide bonds. The molecule has 1 N–H and O–H groups in total. The van der Waals surface area contributed by atoms with Gasteiger partial charge in [-0.3, -0.25) is 0 Å². The third-order valence-electron chi connectivity index (χ3n) is 2.16. The number of rotatable bonds is 3. The monoisotopic (exact) mass is 206 g/mol. The summed E-state index contributed by atoms with van der Waals surface area (Å²) in [5.41, 5.74) is 0.882. The lowest BCUT2D eigenvalue weighted by Gasteiger charge is -2.20. The van der Waals surface area contributed by atoms with Gasteiger partial charge in [0.1, 0.15) is 0 Å². The van der Waals surface area contributed by atoms with Crippen molar-refractivity contribution < 1.29 is 5.11 Å². The maximum absolute atomic E-state index is 9.82. The van der Waals surface area contributed by atoms with Crippen LogP contribution in [0.2, 0.25) is 19.6 Å². The van der Waals surface area contributed by atoms with Crippen LogP contribution in [0.1, 0.15) is 5.56 Å². The minimum absolute atomic E-state index is 0.261. The van der Waals surface area contributed by atoms with Crippen LogP contribution >= 0.6 is 0 Å². The first-order chi connectivity index (χ1) is 6.50. The Hall–Kier alpha value is -0.863. The first-order valence-electron chi connectivity index (χ1n) is 4.91. The van der Waals surface area contributed by atoms with Crippen LogP contribution in [0.4, 0.5) is 0 Å². The van der Waals surface area contributed by atoms with E-state index in [1.807, 2.05) is 42.5 Å². The van der Waals surface area contributed by atoms with E-state index in [4.69, 9.17) is 0 Å². The molecule has 0 saturated heterocycles. The normalized spacial score (nSPS) is 14.6. The highest BCUT2D eigenvalue weighted by Gasteiger charge is 2.21. The highest BCUT2D eigenvalue weighted by molar-refractivity contribution is 6.77. The standard InChI is InChI=1S/C12H18OSi/c1-14(2,3)12(13)10-9-11-7-5-4-6-8-11/h4-10,12-13H,1-3H3/b10-9+. The minimum Gasteiger partial charge on any atom is -0.393 e. The Bertz CT molecular complexity index is 298. The van der Waals surface area contributed by atoms with Crippen molar-refractivity contribution in [2.45, 2.75) is 25.4 Å². The highest BCUT2D eigenvalue weighted by Crippen LogP contribution is 2.10. The second kappa shape index (κ2) is 4.58. The predicted molar refractivity (Wildman–Crippen MR) is 64.8 cm³/mol. The Labute approximate surface area is 87.1 Å². The zero-order chi connectivity index (χ0) is 10.6. The molecule has 0 aliphatic rings. The molecule has 0 aromatic heterocycles. The largest absolute Gasteiger partial charge is 0.393 e. The van der Waals surface area contributed by atoms with Crippen molar-refractivity contribution in [3.8, 4) is 0 Å². The van der Waals surface area contributed by atoms with Crippen LogP contribution in [-0.2, 0) is 0 Å². The fourth-order valence-electron chi connectivity index (χ4n) is 1.06. The molecule has 2 heteroatoms. The van der Waals surface area contributed by atoms with Gasteiger partial charge in [-0.15, -0.1) is 0 Å². The van der Waals surface area contributed by atoms with Crippen molar-refractivity contribution >= 4 is 14.1 Å². The Balaban J connectivity index is 2.66. The van der Waals surface area contributed by atoms with E-state index in [1.165, 1.54) is 0 Å². The molecule has 1 aromatic rings. The van der Waals surface area contributed by atoms with Crippen molar-refractivity contribution in [3.05, 3.63) is 42.0 Å². The quantitative estimate of drug-likeness (QED) is 0.754. The van der Waals surface area contributed by atoms with Crippen LogP contribution < -0.4 is 0 Å². The van der Waals surface area contributed by atoms with E-state index in [0.29, 0.717) is 0 Å². The predicted octanol–water partition coefficient (Wildman–Crippen LogP) is 2.94. The van der Waals surface area contributed by atoms with Gasteiger partial charge in [0.15, 0.2) is 0 Å². The van der Waals surface area contributed by atoms with E-state index in [2.05, 4.69) is 19.6 Å². The second-order valence-electron chi connectivity index (χ2n) is 4.58. The second-order valence-corrected chi connectivity index (χ2v) is 9.90. The molecule has 0 aliphatic carbocycles. The van der Waals surface area contributed by atoms with Crippen molar-refractivity contribution in [1.29, 1.82) is 0 Å². The summed E-state index contributed by atoms with van der Waals surface area (Å²) in [4.78, 5) is 0. The third kappa shape index (κ3) is 3.48. The summed E-state index contributed by atoms with van der Waals surface area (Å²) in [5.74, 6) is 0. The molecule has 1 unspecified atom stereocenters. The van der Waals surface area contributed by atoms with Crippen LogP contribution in [-0.4, -0.2) is 18.9 Å². The van der Waals surface area contributed by atoms with Crippen molar-refractivity contribution in [3.63, 3.8) is 0 Å². The molecular weight excluding hydrogens is 188 g/mol. The Morgan fingerprint density at radius 3 is 2.21 bits per heavy atom. The average Bonchev–Trinajstić information content (AvgIpc) is 2.14. The van der Waals surface area contributed by atoms with E-state index in [9.17, 15) is 5.11 Å². The molecular formula is C12H18OSi. The Kier molecular flexibility index (Phi) is 3.67. The van der Waals surface area contributed by atoms with Crippen LogP contribution in [0.15, 0.2) is 36.4 Å². The van der Waals surface area contributed by atoms with E-state index in [-0.39, 0.29) is 5.73 Å². The maximum Gasteiger partial charge on any atom is 0.0831 e. The molecule has 0 radical (unpaired) electrons. The fourth-order valence-corrected chi connectivity index (χ4v) is 1.73. The number of hydrogen-bond acceptors (Lipinski definition) is 1. The molecule has 76 valence electrons. The summed E-state index contributed by atoms with van der Waals surface area (Å²) in [6.45, 7) is 6.48. The lowest BCUT2D eigenvalue weighted by Crippen LogP contribution is -2.36. The van der Waals surface area contributed by atoms with Gasteiger partial charge in [0.2, 0.25) is 0 Å². The lowest BCUT2D eigenvalue weighted by molar-refractivity contribution is 0.292. The molecule has 0 aliphatic heterocycles. The van der Waals surface area contributed by atoms with Crippen LogP contribution in [0.3, 0.4) is 0 Å². The first kappa shape index (κ1) is 11.2. The third-order valence-corrected chi connectivity index (χ3v) is 4.12. The van der Waals surface area contributed by atoms with E-state index in [0.717, 1.165) is 5.56 Å². The zero-order valence-electron chi connectivity index (χ0n) is 9.07.